The van der Waals surface area contributed by atoms with Crippen LogP contribution in [0.4, 0.5) is 11.4 Å². The zero-order valence-corrected chi connectivity index (χ0v) is 26.8. The molecule has 237 valence electrons. The molecule has 2 aromatic rings. The summed E-state index contributed by atoms with van der Waals surface area (Å²) in [6.07, 6.45) is 1.91. The number of aliphatic hydroxyl groups excluding tert-OH is 2. The van der Waals surface area contributed by atoms with Crippen LogP contribution in [0, 0.1) is 9.54 Å². The number of amidine groups is 2. The topological polar surface area (TPSA) is 229 Å². The fraction of sp³-hybridized carbons (Fsp3) is 0.417. The van der Waals surface area contributed by atoms with Crippen molar-refractivity contribution in [1.82, 2.24) is 18.3 Å². The third-order valence-corrected chi connectivity index (χ3v) is 6.08. The van der Waals surface area contributed by atoms with Crippen LogP contribution in [0.5, 0.6) is 11.8 Å². The molecule has 0 saturated heterocycles. The molecule has 1 radical (unpaired) electrons. The van der Waals surface area contributed by atoms with Gasteiger partial charge in [0, 0.05) is 26.2 Å². The Morgan fingerprint density at radius 1 is 0.698 bits per heavy atom. The van der Waals surface area contributed by atoms with Gasteiger partial charge in [0.1, 0.15) is 0 Å². The number of hydrogen-bond acceptors (Lipinski definition) is 10. The summed E-state index contributed by atoms with van der Waals surface area (Å²) in [5, 5.41) is 70.6. The molecule has 0 bridgehead atoms. The van der Waals surface area contributed by atoms with E-state index in [-0.39, 0.29) is 49.5 Å². The van der Waals surface area contributed by atoms with E-state index in [2.05, 4.69) is 20.5 Å². The standard InChI is InChI=1S/2C12H16N5O3S.Cu/c2*1-4-16-10(19)9(11(20)17(5-2)12(16)21)15-14-8(13)6-7(3)18;/h2*6,18-19H,4-5H2,1-3H3;/q2*-1;+2/b2*7-6-,15-14?;. The normalized spacial score (nSPS) is 11.8. The summed E-state index contributed by atoms with van der Waals surface area (Å²) in [7, 11) is 0. The number of azo groups is 2. The molecule has 2 heterocycles. The second kappa shape index (κ2) is 17.8. The molecule has 0 atom stereocenters. The Bertz CT molecular complexity index is 1580. The number of aliphatic hydroxyl groups is 2. The van der Waals surface area contributed by atoms with E-state index in [1.165, 1.54) is 32.1 Å². The summed E-state index contributed by atoms with van der Waals surface area (Å²) >= 11 is 10.2. The molecule has 0 unspecified atom stereocenters. The van der Waals surface area contributed by atoms with Crippen molar-refractivity contribution in [3.63, 3.8) is 0 Å². The predicted octanol–water partition coefficient (Wildman–Crippen LogP) is 5.27. The first kappa shape index (κ1) is 38.9. The summed E-state index contributed by atoms with van der Waals surface area (Å²) in [6, 6.07) is 0. The monoisotopic (exact) mass is 683 g/mol. The largest absolute Gasteiger partial charge is 2.00 e. The minimum absolute atomic E-state index is 0. The van der Waals surface area contributed by atoms with Gasteiger partial charge < -0.3 is 41.5 Å². The Hall–Kier alpha value is -4.06. The predicted molar refractivity (Wildman–Crippen MR) is 164 cm³/mol. The number of allylic oxidation sites excluding steroid dienone is 2. The number of aromatic nitrogens is 4. The van der Waals surface area contributed by atoms with Crippen LogP contribution in [0.15, 0.2) is 53.7 Å². The first-order valence-corrected chi connectivity index (χ1v) is 13.3. The molecule has 0 aliphatic heterocycles. The number of rotatable bonds is 8. The van der Waals surface area contributed by atoms with Crippen molar-refractivity contribution in [1.29, 1.82) is 0 Å². The Kier molecular flexibility index (Phi) is 16.1. The maximum absolute atomic E-state index is 12.2. The van der Waals surface area contributed by atoms with E-state index in [9.17, 15) is 30.6 Å². The zero-order valence-electron chi connectivity index (χ0n) is 24.2. The SMILES string of the molecule is CCn1c(O)c(N=NC(=[N-])/C=C(/C)O)c(=O)n(CC)c1=S.CCn1c(O)c(N=NC(=[N-])/C=C(/C)O)c(=O)n(CC)c1=S.[Cu+2]. The molecule has 43 heavy (non-hydrogen) atoms. The van der Waals surface area contributed by atoms with Gasteiger partial charge in [-0.25, -0.2) is 10.2 Å². The van der Waals surface area contributed by atoms with Crippen molar-refractivity contribution in [2.45, 2.75) is 67.7 Å². The van der Waals surface area contributed by atoms with Crippen LogP contribution >= 0.6 is 24.4 Å². The molecule has 19 heteroatoms. The average Bonchev–Trinajstić information content (AvgIpc) is 2.89. The molecule has 0 fully saturated rings. The second-order valence-electron chi connectivity index (χ2n) is 8.18. The fourth-order valence-corrected chi connectivity index (χ4v) is 4.14. The number of hydrogen-bond donors (Lipinski definition) is 4. The van der Waals surface area contributed by atoms with E-state index in [1.54, 1.807) is 27.7 Å². The third-order valence-electron chi connectivity index (χ3n) is 5.20. The molecule has 2 rings (SSSR count). The second-order valence-corrected chi connectivity index (χ2v) is 8.92. The Morgan fingerprint density at radius 3 is 1.21 bits per heavy atom. The van der Waals surface area contributed by atoms with Crippen molar-refractivity contribution in [3.05, 3.63) is 64.7 Å². The summed E-state index contributed by atoms with van der Waals surface area (Å²) in [4.78, 5) is 24.3. The van der Waals surface area contributed by atoms with Crippen molar-refractivity contribution < 1.29 is 37.5 Å². The molecular formula is C24H32CuN10O6S2. The van der Waals surface area contributed by atoms with Crippen LogP contribution in [-0.4, -0.2) is 50.4 Å². The fourth-order valence-electron chi connectivity index (χ4n) is 3.29. The van der Waals surface area contributed by atoms with E-state index in [4.69, 9.17) is 34.6 Å². The molecule has 0 saturated carbocycles. The molecule has 0 amide bonds. The molecular weight excluding hydrogens is 652 g/mol. The molecule has 2 aromatic heterocycles. The van der Waals surface area contributed by atoms with E-state index in [1.807, 2.05) is 0 Å². The summed E-state index contributed by atoms with van der Waals surface area (Å²) < 4.78 is 5.55. The molecule has 0 aromatic carbocycles. The summed E-state index contributed by atoms with van der Waals surface area (Å²) in [6.45, 7) is 11.0. The molecule has 0 spiro atoms. The van der Waals surface area contributed by atoms with Gasteiger partial charge in [0.05, 0.1) is 11.5 Å². The van der Waals surface area contributed by atoms with Crippen LogP contribution in [0.2, 0.25) is 0 Å². The zero-order chi connectivity index (χ0) is 32.3. The van der Waals surface area contributed by atoms with E-state index in [0.29, 0.717) is 26.2 Å². The smallest absolute Gasteiger partial charge is 0.513 e. The minimum Gasteiger partial charge on any atom is -0.513 e. The van der Waals surface area contributed by atoms with Crippen LogP contribution in [-0.2, 0) is 43.2 Å². The Balaban J connectivity index is 0.000000802. The van der Waals surface area contributed by atoms with Gasteiger partial charge in [-0.2, -0.15) is 0 Å². The molecule has 16 nitrogen and oxygen atoms in total. The van der Waals surface area contributed by atoms with Crippen molar-refractivity contribution in [2.75, 3.05) is 0 Å². The van der Waals surface area contributed by atoms with E-state index >= 15 is 0 Å². The van der Waals surface area contributed by atoms with Crippen molar-refractivity contribution in [3.8, 4) is 11.8 Å². The van der Waals surface area contributed by atoms with Crippen molar-refractivity contribution >= 4 is 47.5 Å². The summed E-state index contributed by atoms with van der Waals surface area (Å²) in [5.41, 5.74) is -1.87. The Morgan fingerprint density at radius 2 is 0.977 bits per heavy atom. The van der Waals surface area contributed by atoms with Crippen LogP contribution < -0.4 is 11.1 Å². The first-order chi connectivity index (χ1) is 19.7. The van der Waals surface area contributed by atoms with Gasteiger partial charge in [0.25, 0.3) is 11.1 Å². The van der Waals surface area contributed by atoms with Gasteiger partial charge in [-0.05, 0) is 89.8 Å². The maximum Gasteiger partial charge on any atom is 2.00 e. The van der Waals surface area contributed by atoms with Gasteiger partial charge in [-0.1, -0.05) is 0 Å². The minimum atomic E-state index is -0.606. The van der Waals surface area contributed by atoms with Gasteiger partial charge in [0.15, 0.2) is 20.9 Å². The van der Waals surface area contributed by atoms with E-state index < -0.39 is 34.5 Å². The maximum atomic E-state index is 12.2. The van der Waals surface area contributed by atoms with Crippen LogP contribution in [0.25, 0.3) is 10.8 Å². The van der Waals surface area contributed by atoms with Gasteiger partial charge in [0.2, 0.25) is 11.8 Å². The molecule has 0 aliphatic rings. The van der Waals surface area contributed by atoms with E-state index in [0.717, 1.165) is 12.2 Å². The quantitative estimate of drug-likeness (QED) is 0.0713. The average molecular weight is 684 g/mol. The summed E-state index contributed by atoms with van der Waals surface area (Å²) in [5.74, 6) is -2.38. The van der Waals surface area contributed by atoms with Gasteiger partial charge in [-0.3, -0.25) is 27.9 Å². The molecule has 0 aliphatic carbocycles. The number of nitrogens with zero attached hydrogens (tertiary/aromatic N) is 10. The van der Waals surface area contributed by atoms with Crippen molar-refractivity contribution in [2.24, 2.45) is 20.5 Å². The van der Waals surface area contributed by atoms with Crippen LogP contribution in [0.3, 0.4) is 0 Å². The van der Waals surface area contributed by atoms with Gasteiger partial charge in [-0.15, -0.1) is 0 Å². The first-order valence-electron chi connectivity index (χ1n) is 12.5. The van der Waals surface area contributed by atoms with Gasteiger partial charge >= 0.3 is 17.1 Å². The Labute approximate surface area is 267 Å². The molecule has 4 N–H and O–H groups in total. The number of aromatic hydroxyl groups is 2. The van der Waals surface area contributed by atoms with Crippen LogP contribution in [0.1, 0.15) is 41.5 Å². The third kappa shape index (κ3) is 10.0.